The number of carbonyl (C=O) groups is 2. The number of aromatic nitrogens is 8. The number of rotatable bonds is 8. The molecule has 21 nitrogen and oxygen atoms in total. The Labute approximate surface area is 421 Å². The zero-order chi connectivity index (χ0) is 53.6. The predicted octanol–water partition coefficient (Wildman–Crippen LogP) is 8.87. The van der Waals surface area contributed by atoms with Crippen LogP contribution in [0, 0.1) is 24.7 Å². The van der Waals surface area contributed by atoms with E-state index in [9.17, 15) is 24.0 Å². The van der Waals surface area contributed by atoms with Crippen molar-refractivity contribution >= 4 is 40.9 Å². The minimum Gasteiger partial charge on any atom is -0.502 e. The molecule has 7 N–H and O–H groups in total. The number of aromatic hydroxyl groups is 1. The van der Waals surface area contributed by atoms with Gasteiger partial charge in [-0.3, -0.25) is 32.7 Å². The Balaban J connectivity index is -0.000000734. The molecule has 6 rings (SSSR count). The Hall–Kier alpha value is -6.23. The molecule has 0 unspecified atom stereocenters. The Morgan fingerprint density at radius 1 is 0.757 bits per heavy atom. The van der Waals surface area contributed by atoms with Crippen molar-refractivity contribution in [3.05, 3.63) is 101 Å². The fraction of sp³-hybridized carbons (Fsp3) is 0.596. The Kier molecular flexibility index (Phi) is 35.7. The zero-order valence-electron chi connectivity index (χ0n) is 43.8. The van der Waals surface area contributed by atoms with Gasteiger partial charge < -0.3 is 29.5 Å². The normalized spacial score (nSPS) is 11.0. The van der Waals surface area contributed by atoms with Gasteiger partial charge in [0.05, 0.1) is 12.0 Å². The number of amides is 2. The van der Waals surface area contributed by atoms with Crippen LogP contribution in [0.15, 0.2) is 65.4 Å². The van der Waals surface area contributed by atoms with Crippen LogP contribution in [-0.4, -0.2) is 75.8 Å². The van der Waals surface area contributed by atoms with E-state index in [-0.39, 0.29) is 65.2 Å². The smallest absolute Gasteiger partial charge is 0.281 e. The highest BCUT2D eigenvalue weighted by atomic mass is 32.1. The van der Waals surface area contributed by atoms with E-state index in [0.717, 1.165) is 46.0 Å². The molecule has 1 aliphatic rings. The Morgan fingerprint density at radius 3 is 1.54 bits per heavy atom. The van der Waals surface area contributed by atoms with Crippen LogP contribution in [0.4, 0.5) is 0 Å². The number of aromatic amines is 3. The Morgan fingerprint density at radius 2 is 1.33 bits per heavy atom. The van der Waals surface area contributed by atoms with E-state index >= 15 is 0 Å². The number of hydrogen-bond acceptors (Lipinski definition) is 18. The second-order valence-electron chi connectivity index (χ2n) is 17.4. The van der Waals surface area contributed by atoms with Crippen LogP contribution < -0.4 is 32.7 Å². The molecule has 396 valence electrons. The van der Waals surface area contributed by atoms with Crippen molar-refractivity contribution < 1.29 is 28.5 Å². The summed E-state index contributed by atoms with van der Waals surface area (Å²) >= 11 is 2.53. The van der Waals surface area contributed by atoms with Gasteiger partial charge in [0.2, 0.25) is 23.1 Å². The summed E-state index contributed by atoms with van der Waals surface area (Å²) in [5.41, 5.74) is 4.39. The van der Waals surface area contributed by atoms with Gasteiger partial charge >= 0.3 is 0 Å². The first kappa shape index (κ1) is 68.0. The lowest BCUT2D eigenvalue weighted by atomic mass is 10.1. The number of aliphatic imine (C=N–C) groups is 1. The fourth-order valence-electron chi connectivity index (χ4n) is 4.17. The standard InChI is InChI=1S/C8H10O3.C7H11NO.C6H10N2O.C6H9NOS.C5H8N2OS.2C5H11NO.C4H8N4.CH4/c1-5(2)6-3-11-4-7(9)8(6)10;1-5(2)7-4-6(3)8-9-7;1-4(2)6-7-5(3)9-8-6;1-4(2)5-3-6(8)7-9-5;1-3(2)4-5(8)7-9-6-4;2*1-4(2)5(7)6-3;1-3(2)4-5-7-8-6-4;/h3-5,9H,1-2H3;4-5H,1-3H3;4H,3H2,1-2H3,(H,7,8);3-4H,1-2H3,(H,7,8);3H,1-2H3,(H,7,8);2*4H,1-3H3,(H,6,7);3H,1-2H3,(H,5,6,7,8);1H4. The summed E-state index contributed by atoms with van der Waals surface area (Å²) < 4.78 is 18.8. The van der Waals surface area contributed by atoms with E-state index in [0.29, 0.717) is 40.8 Å². The van der Waals surface area contributed by atoms with Crippen LogP contribution >= 0.6 is 23.3 Å². The molecule has 1 aliphatic heterocycles. The molecule has 0 saturated heterocycles. The number of hydrogen-bond donors (Lipinski definition) is 7. The first-order chi connectivity index (χ1) is 32.1. The van der Waals surface area contributed by atoms with Gasteiger partial charge in [-0.15, -0.1) is 10.2 Å². The van der Waals surface area contributed by atoms with E-state index in [2.05, 4.69) is 94.3 Å². The van der Waals surface area contributed by atoms with Crippen molar-refractivity contribution in [1.29, 1.82) is 0 Å². The van der Waals surface area contributed by atoms with E-state index < -0.39 is 0 Å². The molecule has 5 aromatic heterocycles. The average Bonchev–Trinajstić information content (AvgIpc) is 4.15. The maximum absolute atomic E-state index is 11.1. The summed E-state index contributed by atoms with van der Waals surface area (Å²) in [7, 11) is 3.28. The number of carbonyl (C=O) groups excluding carboxylic acids is 2. The first-order valence-corrected chi connectivity index (χ1v) is 24.0. The molecule has 6 heterocycles. The molecule has 0 saturated carbocycles. The molecule has 0 aromatic carbocycles. The van der Waals surface area contributed by atoms with Crippen LogP contribution in [0.5, 0.6) is 5.75 Å². The second-order valence-corrected chi connectivity index (χ2v) is 18.8. The van der Waals surface area contributed by atoms with Gasteiger partial charge in [0.25, 0.3) is 11.1 Å². The molecule has 0 aliphatic carbocycles. The summed E-state index contributed by atoms with van der Waals surface area (Å²) in [6.45, 7) is 36.9. The van der Waals surface area contributed by atoms with Gasteiger partial charge in [0, 0.05) is 83.9 Å². The molecule has 2 amide bonds. The van der Waals surface area contributed by atoms with Crippen LogP contribution in [0.2, 0.25) is 0 Å². The number of tetrazole rings is 1. The quantitative estimate of drug-likeness (QED) is 0.0763. The van der Waals surface area contributed by atoms with E-state index in [1.165, 1.54) is 17.8 Å². The molecular weight excluding hydrogens is 941 g/mol. The van der Waals surface area contributed by atoms with Crippen molar-refractivity contribution in [1.82, 2.24) is 55.0 Å². The van der Waals surface area contributed by atoms with Crippen molar-refractivity contribution in [3.8, 4) is 5.75 Å². The molecule has 0 fully saturated rings. The van der Waals surface area contributed by atoms with E-state index in [1.807, 2.05) is 96.1 Å². The molecule has 0 spiro atoms. The minimum absolute atomic E-state index is 0. The molecule has 0 atom stereocenters. The predicted molar refractivity (Wildman–Crippen MR) is 280 cm³/mol. The number of hydroxylamine groups is 1. The third kappa shape index (κ3) is 29.6. The van der Waals surface area contributed by atoms with E-state index in [1.54, 1.807) is 20.2 Å². The Bertz CT molecular complexity index is 2350. The fourth-order valence-corrected chi connectivity index (χ4v) is 5.47. The zero-order valence-corrected chi connectivity index (χ0v) is 45.5. The van der Waals surface area contributed by atoms with Crippen LogP contribution in [0.1, 0.15) is 181 Å². The van der Waals surface area contributed by atoms with Gasteiger partial charge in [-0.2, -0.15) is 14.6 Å². The highest BCUT2D eigenvalue weighted by Gasteiger charge is 2.12. The minimum atomic E-state index is -0.341. The highest BCUT2D eigenvalue weighted by Crippen LogP contribution is 2.15. The summed E-state index contributed by atoms with van der Waals surface area (Å²) in [6.07, 6.45) is 2.40. The van der Waals surface area contributed by atoms with Crippen LogP contribution in [-0.2, 0) is 14.4 Å². The third-order valence-electron chi connectivity index (χ3n) is 8.37. The van der Waals surface area contributed by atoms with Gasteiger partial charge in [-0.05, 0) is 25.3 Å². The van der Waals surface area contributed by atoms with Gasteiger partial charge in [0.15, 0.2) is 11.6 Å². The lowest BCUT2D eigenvalue weighted by molar-refractivity contribution is -0.124. The van der Waals surface area contributed by atoms with Gasteiger partial charge in [0.1, 0.15) is 23.6 Å². The molecule has 23 heteroatoms. The van der Waals surface area contributed by atoms with Crippen molar-refractivity contribution in [2.75, 3.05) is 14.1 Å². The van der Waals surface area contributed by atoms with Crippen molar-refractivity contribution in [2.24, 2.45) is 22.7 Å². The lowest BCUT2D eigenvalue weighted by Gasteiger charge is -2.01. The maximum Gasteiger partial charge on any atom is 0.281 e. The molecular formula is C47H82N12O9S2. The number of aryl methyl sites for hydroxylation is 1. The molecule has 70 heavy (non-hydrogen) atoms. The number of nitrogens with zero attached hydrogens (tertiary/aromatic N) is 6. The average molecular weight is 1020 g/mol. The number of H-pyrrole nitrogens is 3. The van der Waals surface area contributed by atoms with Crippen molar-refractivity contribution in [2.45, 2.75) is 155 Å². The summed E-state index contributed by atoms with van der Waals surface area (Å²) in [6, 6.07) is 3.61. The summed E-state index contributed by atoms with van der Waals surface area (Å²) in [4.78, 5) is 63.1. The highest BCUT2D eigenvalue weighted by molar-refractivity contribution is 7.05. The molecule has 0 bridgehead atoms. The van der Waals surface area contributed by atoms with Crippen molar-refractivity contribution in [3.63, 3.8) is 0 Å². The SMILES string of the molecule is C.C=C1N=C(C(C)C)NO1.CC(C)c1cc(=O)[nH]s1.CC(C)c1cocc(O)c1=O.CC(C)c1nn[nH]n1.CC(C)c1ns[nH]c1=O.CNC(=O)C(C)C.CNC(=O)C(C)C.Cc1cc(C(C)C)on1. The van der Waals surface area contributed by atoms with Gasteiger partial charge in [-0.1, -0.05) is 140 Å². The lowest BCUT2D eigenvalue weighted by Crippen LogP contribution is -2.22. The third-order valence-corrected chi connectivity index (χ3v) is 10.1. The monoisotopic (exact) mass is 1020 g/mol. The van der Waals surface area contributed by atoms with E-state index in [4.69, 9.17) is 18.9 Å². The van der Waals surface area contributed by atoms with Gasteiger partial charge in [-0.25, -0.2) is 5.48 Å². The topological polar surface area (TPSA) is 301 Å². The number of nitrogens with one attached hydrogen (secondary N) is 6. The molecule has 5 aromatic rings. The first-order valence-electron chi connectivity index (χ1n) is 22.4. The van der Waals surface area contributed by atoms with Crippen LogP contribution in [0.3, 0.4) is 0 Å². The van der Waals surface area contributed by atoms with Crippen LogP contribution in [0.25, 0.3) is 0 Å². The summed E-state index contributed by atoms with van der Waals surface area (Å²) in [5, 5.41) is 31.1. The largest absolute Gasteiger partial charge is 0.502 e. The number of amidine groups is 1. The molecule has 0 radical (unpaired) electrons. The maximum atomic E-state index is 11.1. The second kappa shape index (κ2) is 36.7. The summed E-state index contributed by atoms with van der Waals surface area (Å²) in [5.74, 6) is 5.11.